The Bertz CT molecular complexity index is 417. The van der Waals surface area contributed by atoms with Crippen molar-refractivity contribution >= 4 is 17.8 Å². The Morgan fingerprint density at radius 2 is 2.22 bits per heavy atom. The first-order chi connectivity index (χ1) is 8.45. The van der Waals surface area contributed by atoms with Crippen LogP contribution in [0.1, 0.15) is 13.8 Å². The van der Waals surface area contributed by atoms with Gasteiger partial charge in [-0.1, -0.05) is 5.11 Å². The molecule has 1 N–H and O–H groups in total. The molecule has 1 aliphatic heterocycles. The summed E-state index contributed by atoms with van der Waals surface area (Å²) in [7, 11) is 0. The molecular weight excluding hydrogens is 244 g/mol. The van der Waals surface area contributed by atoms with Gasteiger partial charge in [0.15, 0.2) is 12.1 Å². The summed E-state index contributed by atoms with van der Waals surface area (Å²) >= 11 is 0. The first-order valence-electron chi connectivity index (χ1n) is 5.11. The van der Waals surface area contributed by atoms with E-state index in [1.807, 2.05) is 0 Å². The number of hydrogen-bond donors (Lipinski definition) is 1. The minimum absolute atomic E-state index is 0.205. The fourth-order valence-electron chi connectivity index (χ4n) is 1.56. The molecule has 0 aromatic rings. The Labute approximate surface area is 102 Å². The lowest BCUT2D eigenvalue weighted by atomic mass is 10.1. The van der Waals surface area contributed by atoms with Crippen molar-refractivity contribution in [3.8, 4) is 0 Å². The van der Waals surface area contributed by atoms with E-state index in [-0.39, 0.29) is 6.61 Å². The van der Waals surface area contributed by atoms with Crippen LogP contribution in [0.5, 0.6) is 0 Å². The summed E-state index contributed by atoms with van der Waals surface area (Å²) in [6.07, 6.45) is -0.860. The molecule has 0 bridgehead atoms. The van der Waals surface area contributed by atoms with Gasteiger partial charge in [-0.2, -0.15) is 0 Å². The average molecular weight is 256 g/mol. The predicted octanol–water partition coefficient (Wildman–Crippen LogP) is -0.342. The molecule has 18 heavy (non-hydrogen) atoms. The number of carbonyl (C=O) groups is 3. The number of ether oxygens (including phenoxy) is 2. The molecule has 0 aromatic carbocycles. The molecule has 1 fully saturated rings. The van der Waals surface area contributed by atoms with Gasteiger partial charge >= 0.3 is 11.9 Å². The van der Waals surface area contributed by atoms with E-state index in [1.165, 1.54) is 13.8 Å². The molecule has 0 spiro atoms. The molecule has 98 valence electrons. The third-order valence-electron chi connectivity index (χ3n) is 2.25. The second-order valence-corrected chi connectivity index (χ2v) is 3.65. The van der Waals surface area contributed by atoms with Crippen molar-refractivity contribution in [2.75, 3.05) is 6.61 Å². The summed E-state index contributed by atoms with van der Waals surface area (Å²) in [6.45, 7) is 2.25. The van der Waals surface area contributed by atoms with Gasteiger partial charge < -0.3 is 14.8 Å². The SMILES string of the molecule is CC(=O)N[C@@H]1[C@H](N=[N+]=[N-])C(=O)O[C@@H]1COC(C)=O. The molecule has 1 heterocycles. The second kappa shape index (κ2) is 5.87. The van der Waals surface area contributed by atoms with Crippen LogP contribution in [0.4, 0.5) is 0 Å². The normalized spacial score (nSPS) is 25.9. The van der Waals surface area contributed by atoms with Crippen LogP contribution in [0, 0.1) is 0 Å². The Kier molecular flexibility index (Phi) is 4.50. The zero-order chi connectivity index (χ0) is 13.7. The fraction of sp³-hybridized carbons (Fsp3) is 0.667. The highest BCUT2D eigenvalue weighted by atomic mass is 16.6. The summed E-state index contributed by atoms with van der Waals surface area (Å²) in [4.78, 5) is 35.7. The first kappa shape index (κ1) is 13.8. The van der Waals surface area contributed by atoms with Gasteiger partial charge in [0.25, 0.3) is 0 Å². The third-order valence-corrected chi connectivity index (χ3v) is 2.25. The quantitative estimate of drug-likeness (QED) is 0.318. The van der Waals surface area contributed by atoms with Gasteiger partial charge in [0.2, 0.25) is 5.91 Å². The number of azide groups is 1. The number of cyclic esters (lactones) is 1. The fourth-order valence-corrected chi connectivity index (χ4v) is 1.56. The van der Waals surface area contributed by atoms with E-state index < -0.39 is 36.0 Å². The van der Waals surface area contributed by atoms with Gasteiger partial charge in [0, 0.05) is 18.8 Å². The lowest BCUT2D eigenvalue weighted by Crippen LogP contribution is -2.47. The Morgan fingerprint density at radius 1 is 1.56 bits per heavy atom. The van der Waals surface area contributed by atoms with Gasteiger partial charge in [0.1, 0.15) is 6.61 Å². The number of nitrogens with zero attached hydrogens (tertiary/aromatic N) is 3. The largest absolute Gasteiger partial charge is 0.462 e. The molecule has 3 atom stereocenters. The first-order valence-corrected chi connectivity index (χ1v) is 5.11. The molecule has 1 rings (SSSR count). The van der Waals surface area contributed by atoms with Gasteiger partial charge in [-0.3, -0.25) is 14.4 Å². The van der Waals surface area contributed by atoms with Crippen LogP contribution in [-0.4, -0.2) is 42.6 Å². The zero-order valence-corrected chi connectivity index (χ0v) is 9.82. The number of esters is 2. The highest BCUT2D eigenvalue weighted by molar-refractivity contribution is 5.82. The average Bonchev–Trinajstić information content (AvgIpc) is 2.54. The second-order valence-electron chi connectivity index (χ2n) is 3.65. The Balaban J connectivity index is 2.81. The maximum absolute atomic E-state index is 11.4. The Morgan fingerprint density at radius 3 is 2.72 bits per heavy atom. The minimum atomic E-state index is -1.15. The van der Waals surface area contributed by atoms with Gasteiger partial charge in [-0.05, 0) is 5.53 Å². The number of hydrogen-bond acceptors (Lipinski definition) is 6. The van der Waals surface area contributed by atoms with Crippen molar-refractivity contribution in [2.45, 2.75) is 32.0 Å². The van der Waals surface area contributed by atoms with Crippen LogP contribution in [0.2, 0.25) is 0 Å². The number of carbonyl (C=O) groups excluding carboxylic acids is 3. The van der Waals surface area contributed by atoms with Crippen molar-refractivity contribution in [1.29, 1.82) is 0 Å². The van der Waals surface area contributed by atoms with E-state index in [0.29, 0.717) is 0 Å². The van der Waals surface area contributed by atoms with Gasteiger partial charge in [-0.15, -0.1) is 0 Å². The van der Waals surface area contributed by atoms with Crippen LogP contribution in [0.15, 0.2) is 5.11 Å². The van der Waals surface area contributed by atoms with Gasteiger partial charge in [-0.25, -0.2) is 0 Å². The lowest BCUT2D eigenvalue weighted by Gasteiger charge is -2.19. The molecule has 0 aliphatic carbocycles. The van der Waals surface area contributed by atoms with E-state index >= 15 is 0 Å². The standard InChI is InChI=1S/C9H12N4O5/c1-4(14)11-7-6(3-17-5(2)15)18-9(16)8(7)12-13-10/h6-8H,3H2,1-2H3,(H,11,14)/t6-,7+,8+/m1/s1. The van der Waals surface area contributed by atoms with E-state index in [4.69, 9.17) is 15.0 Å². The smallest absolute Gasteiger partial charge is 0.317 e. The maximum atomic E-state index is 11.4. The molecule has 9 heteroatoms. The molecule has 1 aliphatic rings. The molecule has 9 nitrogen and oxygen atoms in total. The zero-order valence-electron chi connectivity index (χ0n) is 9.82. The molecule has 0 unspecified atom stereocenters. The van der Waals surface area contributed by atoms with Crippen molar-refractivity contribution in [3.05, 3.63) is 10.4 Å². The highest BCUT2D eigenvalue weighted by Crippen LogP contribution is 2.19. The van der Waals surface area contributed by atoms with E-state index in [0.717, 1.165) is 0 Å². The number of nitrogens with one attached hydrogen (secondary N) is 1. The third kappa shape index (κ3) is 3.36. The van der Waals surface area contributed by atoms with E-state index in [2.05, 4.69) is 15.3 Å². The molecule has 0 radical (unpaired) electrons. The summed E-state index contributed by atoms with van der Waals surface area (Å²) in [5.41, 5.74) is 8.35. The minimum Gasteiger partial charge on any atom is -0.462 e. The topological polar surface area (TPSA) is 130 Å². The van der Waals surface area contributed by atoms with Crippen LogP contribution < -0.4 is 5.32 Å². The van der Waals surface area contributed by atoms with Crippen LogP contribution in [0.25, 0.3) is 10.4 Å². The monoisotopic (exact) mass is 256 g/mol. The Hall–Kier alpha value is -2.28. The molecular formula is C9H12N4O5. The predicted molar refractivity (Wildman–Crippen MR) is 57.1 cm³/mol. The lowest BCUT2D eigenvalue weighted by molar-refractivity contribution is -0.152. The van der Waals surface area contributed by atoms with Crippen molar-refractivity contribution in [1.82, 2.24) is 5.32 Å². The summed E-state index contributed by atoms with van der Waals surface area (Å²) < 4.78 is 9.60. The maximum Gasteiger partial charge on any atom is 0.317 e. The van der Waals surface area contributed by atoms with Crippen LogP contribution in [-0.2, 0) is 23.9 Å². The van der Waals surface area contributed by atoms with Gasteiger partial charge in [0.05, 0.1) is 6.04 Å². The summed E-state index contributed by atoms with van der Waals surface area (Å²) in [6, 6.07) is -2.00. The number of rotatable bonds is 4. The molecule has 1 saturated heterocycles. The summed E-state index contributed by atoms with van der Waals surface area (Å²) in [5.74, 6) is -1.71. The van der Waals surface area contributed by atoms with Crippen LogP contribution in [0.3, 0.4) is 0 Å². The van der Waals surface area contributed by atoms with E-state index in [1.54, 1.807) is 0 Å². The highest BCUT2D eigenvalue weighted by Gasteiger charge is 2.45. The molecule has 0 saturated carbocycles. The van der Waals surface area contributed by atoms with Crippen LogP contribution >= 0.6 is 0 Å². The number of amides is 1. The molecule has 0 aromatic heterocycles. The molecule has 1 amide bonds. The van der Waals surface area contributed by atoms with Crippen molar-refractivity contribution < 1.29 is 23.9 Å². The summed E-state index contributed by atoms with van der Waals surface area (Å²) in [5, 5.41) is 5.71. The van der Waals surface area contributed by atoms with Crippen molar-refractivity contribution in [3.63, 3.8) is 0 Å². The van der Waals surface area contributed by atoms with E-state index in [9.17, 15) is 14.4 Å². The van der Waals surface area contributed by atoms with Crippen molar-refractivity contribution in [2.24, 2.45) is 5.11 Å².